The molecule has 5 heteroatoms. The molecule has 12 heavy (non-hydrogen) atoms. The summed E-state index contributed by atoms with van der Waals surface area (Å²) >= 11 is 0. The van der Waals surface area contributed by atoms with Crippen molar-refractivity contribution in [2.45, 2.75) is 13.1 Å². The van der Waals surface area contributed by atoms with Gasteiger partial charge in [0.1, 0.15) is 12.5 Å². The lowest BCUT2D eigenvalue weighted by atomic mass is 10.2. The molecule has 0 spiro atoms. The highest BCUT2D eigenvalue weighted by Crippen LogP contribution is 2.24. The van der Waals surface area contributed by atoms with Crippen molar-refractivity contribution in [1.29, 1.82) is 0 Å². The molecule has 0 saturated carbocycles. The van der Waals surface area contributed by atoms with Crippen LogP contribution in [0.25, 0.3) is 0 Å². The first kappa shape index (κ1) is 8.96. The summed E-state index contributed by atoms with van der Waals surface area (Å²) in [4.78, 5) is 3.28. The Morgan fingerprint density at radius 2 is 2.08 bits per heavy atom. The number of rotatable bonds is 2. The Bertz CT molecular complexity index is 274. The number of aromatic nitrogens is 1. The van der Waals surface area contributed by atoms with Gasteiger partial charge in [-0.2, -0.15) is 0 Å². The molecule has 0 amide bonds. The van der Waals surface area contributed by atoms with E-state index in [1.807, 2.05) is 0 Å². The van der Waals surface area contributed by atoms with E-state index in [2.05, 4.69) is 4.98 Å². The third kappa shape index (κ3) is 1.54. The second-order valence-electron chi connectivity index (χ2n) is 2.09. The zero-order valence-corrected chi connectivity index (χ0v) is 5.90. The Labute approximate surface area is 66.0 Å². The molecule has 0 radical (unpaired) electrons. The van der Waals surface area contributed by atoms with E-state index < -0.39 is 30.2 Å². The summed E-state index contributed by atoms with van der Waals surface area (Å²) < 4.78 is 48.6. The van der Waals surface area contributed by atoms with Gasteiger partial charge < -0.3 is 0 Å². The van der Waals surface area contributed by atoms with E-state index in [9.17, 15) is 17.6 Å². The largest absolute Gasteiger partial charge is 0.268 e. The van der Waals surface area contributed by atoms with Crippen LogP contribution in [0.3, 0.4) is 0 Å². The average Bonchev–Trinajstić information content (AvgIpc) is 2.03. The highest BCUT2D eigenvalue weighted by atomic mass is 19.3. The molecule has 1 rings (SSSR count). The number of pyridine rings is 1. The SMILES string of the molecule is FCc1nccc(F)c1C(F)F. The van der Waals surface area contributed by atoms with Gasteiger partial charge in [0.2, 0.25) is 0 Å². The van der Waals surface area contributed by atoms with Gasteiger partial charge in [-0.3, -0.25) is 4.98 Å². The van der Waals surface area contributed by atoms with Crippen molar-refractivity contribution >= 4 is 0 Å². The van der Waals surface area contributed by atoms with E-state index >= 15 is 0 Å². The first-order valence-electron chi connectivity index (χ1n) is 3.14. The Kier molecular flexibility index (Phi) is 2.62. The van der Waals surface area contributed by atoms with Gasteiger partial charge in [-0.05, 0) is 6.07 Å². The third-order valence-electron chi connectivity index (χ3n) is 1.36. The van der Waals surface area contributed by atoms with Crippen molar-refractivity contribution in [2.24, 2.45) is 0 Å². The Balaban J connectivity index is 3.20. The van der Waals surface area contributed by atoms with Crippen LogP contribution in [0.1, 0.15) is 17.7 Å². The lowest BCUT2D eigenvalue weighted by molar-refractivity contribution is 0.143. The van der Waals surface area contributed by atoms with Crippen molar-refractivity contribution in [3.8, 4) is 0 Å². The van der Waals surface area contributed by atoms with Crippen LogP contribution in [0.15, 0.2) is 12.3 Å². The Morgan fingerprint density at radius 3 is 2.50 bits per heavy atom. The fraction of sp³-hybridized carbons (Fsp3) is 0.286. The third-order valence-corrected chi connectivity index (χ3v) is 1.36. The van der Waals surface area contributed by atoms with Crippen molar-refractivity contribution in [2.75, 3.05) is 0 Å². The summed E-state index contributed by atoms with van der Waals surface area (Å²) in [6, 6.07) is 0.778. The molecule has 0 aliphatic rings. The standard InChI is InChI=1S/C7H5F4N/c8-3-5-6(7(10)11)4(9)1-2-12-5/h1-2,7H,3H2. The Morgan fingerprint density at radius 1 is 1.42 bits per heavy atom. The van der Waals surface area contributed by atoms with Crippen molar-refractivity contribution in [3.63, 3.8) is 0 Å². The molecule has 0 atom stereocenters. The predicted molar refractivity (Wildman–Crippen MR) is 34.0 cm³/mol. The van der Waals surface area contributed by atoms with Gasteiger partial charge in [-0.1, -0.05) is 0 Å². The summed E-state index contributed by atoms with van der Waals surface area (Å²) in [6.07, 6.45) is -2.07. The van der Waals surface area contributed by atoms with E-state index in [0.717, 1.165) is 12.3 Å². The van der Waals surface area contributed by atoms with E-state index in [-0.39, 0.29) is 0 Å². The van der Waals surface area contributed by atoms with Gasteiger partial charge >= 0.3 is 0 Å². The summed E-state index contributed by atoms with van der Waals surface area (Å²) in [5.74, 6) is -1.12. The second kappa shape index (κ2) is 3.51. The summed E-state index contributed by atoms with van der Waals surface area (Å²) in [5, 5.41) is 0. The van der Waals surface area contributed by atoms with Gasteiger partial charge in [0.25, 0.3) is 6.43 Å². The minimum atomic E-state index is -3.02. The lowest BCUT2D eigenvalue weighted by Gasteiger charge is -2.04. The molecule has 0 unspecified atom stereocenters. The first-order valence-corrected chi connectivity index (χ1v) is 3.14. The first-order chi connectivity index (χ1) is 5.66. The molecule has 1 nitrogen and oxygen atoms in total. The molecule has 0 bridgehead atoms. The van der Waals surface area contributed by atoms with Crippen LogP contribution in [-0.2, 0) is 6.67 Å². The average molecular weight is 179 g/mol. The normalized spacial score (nSPS) is 10.8. The molecule has 0 aromatic carbocycles. The van der Waals surface area contributed by atoms with Crippen LogP contribution < -0.4 is 0 Å². The second-order valence-corrected chi connectivity index (χ2v) is 2.09. The highest BCUT2D eigenvalue weighted by Gasteiger charge is 2.18. The van der Waals surface area contributed by atoms with Gasteiger partial charge in [-0.25, -0.2) is 17.6 Å². The summed E-state index contributed by atoms with van der Waals surface area (Å²) in [5.41, 5.74) is -1.48. The molecule has 0 aliphatic carbocycles. The van der Waals surface area contributed by atoms with Gasteiger partial charge in [0.05, 0.1) is 11.3 Å². The van der Waals surface area contributed by atoms with Gasteiger partial charge in [-0.15, -0.1) is 0 Å². The molecular weight excluding hydrogens is 174 g/mol. The highest BCUT2D eigenvalue weighted by molar-refractivity contribution is 5.22. The van der Waals surface area contributed by atoms with Crippen LogP contribution in [0.5, 0.6) is 0 Å². The van der Waals surface area contributed by atoms with Gasteiger partial charge in [0, 0.05) is 6.20 Å². The van der Waals surface area contributed by atoms with Crippen molar-refractivity contribution < 1.29 is 17.6 Å². The maximum atomic E-state index is 12.6. The molecule has 0 aliphatic heterocycles. The van der Waals surface area contributed by atoms with E-state index in [1.165, 1.54) is 0 Å². The fourth-order valence-corrected chi connectivity index (χ4v) is 0.827. The number of hydrogen-bond donors (Lipinski definition) is 0. The van der Waals surface area contributed by atoms with Gasteiger partial charge in [0.15, 0.2) is 0 Å². The predicted octanol–water partition coefficient (Wildman–Crippen LogP) is 2.63. The van der Waals surface area contributed by atoms with Crippen LogP contribution in [0.4, 0.5) is 17.6 Å². The van der Waals surface area contributed by atoms with Crippen LogP contribution in [0, 0.1) is 5.82 Å². The van der Waals surface area contributed by atoms with Crippen molar-refractivity contribution in [1.82, 2.24) is 4.98 Å². The van der Waals surface area contributed by atoms with Crippen LogP contribution in [-0.4, -0.2) is 4.98 Å². The zero-order valence-electron chi connectivity index (χ0n) is 5.90. The molecule has 1 heterocycles. The molecule has 66 valence electrons. The smallest absolute Gasteiger partial charge is 0.258 e. The number of nitrogens with zero attached hydrogens (tertiary/aromatic N) is 1. The quantitative estimate of drug-likeness (QED) is 0.636. The fourth-order valence-electron chi connectivity index (χ4n) is 0.827. The van der Waals surface area contributed by atoms with Crippen molar-refractivity contribution in [3.05, 3.63) is 29.3 Å². The van der Waals surface area contributed by atoms with E-state index in [4.69, 9.17) is 0 Å². The molecule has 0 fully saturated rings. The zero-order chi connectivity index (χ0) is 9.14. The van der Waals surface area contributed by atoms with Crippen LogP contribution in [0.2, 0.25) is 0 Å². The minimum Gasteiger partial charge on any atom is -0.258 e. The molecule has 1 aromatic rings. The van der Waals surface area contributed by atoms with Crippen LogP contribution >= 0.6 is 0 Å². The topological polar surface area (TPSA) is 12.9 Å². The molecule has 0 N–H and O–H groups in total. The number of alkyl halides is 3. The Hall–Kier alpha value is -1.13. The maximum Gasteiger partial charge on any atom is 0.268 e. The molecular formula is C7H5F4N. The number of hydrogen-bond acceptors (Lipinski definition) is 1. The summed E-state index contributed by atoms with van der Waals surface area (Å²) in [6.45, 7) is -1.18. The number of halogens is 4. The molecule has 1 aromatic heterocycles. The lowest BCUT2D eigenvalue weighted by Crippen LogP contribution is -1.99. The monoisotopic (exact) mass is 179 g/mol. The van der Waals surface area contributed by atoms with E-state index in [1.54, 1.807) is 0 Å². The summed E-state index contributed by atoms with van der Waals surface area (Å²) in [7, 11) is 0. The maximum absolute atomic E-state index is 12.6. The van der Waals surface area contributed by atoms with E-state index in [0.29, 0.717) is 0 Å². The molecule has 0 saturated heterocycles. The minimum absolute atomic E-state index is 0.537.